The molecule has 0 aliphatic carbocycles. The first-order chi connectivity index (χ1) is 14.2. The van der Waals surface area contributed by atoms with Gasteiger partial charge in [-0.25, -0.2) is 17.2 Å². The van der Waals surface area contributed by atoms with Gasteiger partial charge in [0.15, 0.2) is 17.4 Å². The summed E-state index contributed by atoms with van der Waals surface area (Å²) in [6.07, 6.45) is 2.44. The minimum Gasteiger partial charge on any atom is -0.438 e. The van der Waals surface area contributed by atoms with Crippen LogP contribution in [0.25, 0.3) is 0 Å². The summed E-state index contributed by atoms with van der Waals surface area (Å²) in [5.74, 6) is -4.17. The van der Waals surface area contributed by atoms with Gasteiger partial charge in [0.1, 0.15) is 6.04 Å². The largest absolute Gasteiger partial charge is 0.438 e. The lowest BCUT2D eigenvalue weighted by molar-refractivity contribution is -0.122. The van der Waals surface area contributed by atoms with Crippen molar-refractivity contribution < 1.29 is 31.2 Å². The highest BCUT2D eigenvalue weighted by atomic mass is 32.2. The van der Waals surface area contributed by atoms with Gasteiger partial charge in [0.05, 0.1) is 0 Å². The molecule has 8 nitrogen and oxygen atoms in total. The van der Waals surface area contributed by atoms with Crippen molar-refractivity contribution in [3.8, 4) is 0 Å². The van der Waals surface area contributed by atoms with Crippen molar-refractivity contribution in [3.63, 3.8) is 0 Å². The number of amides is 2. The Balaban J connectivity index is 1.81. The lowest BCUT2D eigenvalue weighted by Crippen LogP contribution is -2.39. The summed E-state index contributed by atoms with van der Waals surface area (Å²) in [6.45, 7) is 0.749. The van der Waals surface area contributed by atoms with Crippen LogP contribution in [0, 0.1) is 11.6 Å². The monoisotopic (exact) mass is 441 g/mol. The van der Waals surface area contributed by atoms with Crippen LogP contribution in [-0.4, -0.2) is 44.7 Å². The molecule has 1 saturated heterocycles. The maximum Gasteiger partial charge on any atom is 0.287 e. The number of hydrogen-bond acceptors (Lipinski definition) is 5. The molecule has 2 amide bonds. The van der Waals surface area contributed by atoms with Gasteiger partial charge in [-0.15, -0.1) is 0 Å². The molecular weight excluding hydrogens is 420 g/mol. The number of piperidine rings is 1. The number of nitrogens with zero attached hydrogens (tertiary/aromatic N) is 1. The third-order valence-electron chi connectivity index (χ3n) is 4.78. The van der Waals surface area contributed by atoms with Gasteiger partial charge in [0, 0.05) is 20.1 Å². The van der Waals surface area contributed by atoms with E-state index >= 15 is 0 Å². The molecular formula is C19H21F2N3O5S. The third-order valence-corrected chi connectivity index (χ3v) is 6.55. The lowest BCUT2D eigenvalue weighted by atomic mass is 10.1. The van der Waals surface area contributed by atoms with Gasteiger partial charge >= 0.3 is 0 Å². The predicted octanol–water partition coefficient (Wildman–Crippen LogP) is 1.95. The summed E-state index contributed by atoms with van der Waals surface area (Å²) < 4.78 is 58.6. The standard InChI is InChI=1S/C19H21F2N3O5S/c1-22-19(26)17(12-5-6-13(20)14(21)11-12)23-18(25)15-7-8-16(29-15)30(27,28)24-9-3-2-4-10-24/h5-8,11,17H,2-4,9-10H2,1H3,(H,22,26)(H,23,25). The summed E-state index contributed by atoms with van der Waals surface area (Å²) in [4.78, 5) is 24.7. The number of benzene rings is 1. The Morgan fingerprint density at radius 1 is 1.07 bits per heavy atom. The smallest absolute Gasteiger partial charge is 0.287 e. The molecule has 2 aromatic rings. The van der Waals surface area contributed by atoms with Crippen molar-refractivity contribution in [1.82, 2.24) is 14.9 Å². The SMILES string of the molecule is CNC(=O)C(NC(=O)c1ccc(S(=O)(=O)N2CCCCC2)o1)c1ccc(F)c(F)c1. The maximum absolute atomic E-state index is 13.6. The minimum absolute atomic E-state index is 0.00863. The van der Waals surface area contributed by atoms with E-state index in [0.29, 0.717) is 13.1 Å². The molecule has 2 heterocycles. The van der Waals surface area contributed by atoms with Crippen molar-refractivity contribution in [1.29, 1.82) is 0 Å². The average molecular weight is 441 g/mol. The van der Waals surface area contributed by atoms with E-state index in [0.717, 1.165) is 37.5 Å². The number of carbonyl (C=O) groups is 2. The molecule has 0 bridgehead atoms. The molecule has 1 fully saturated rings. The van der Waals surface area contributed by atoms with Gasteiger partial charge < -0.3 is 15.1 Å². The number of carbonyl (C=O) groups excluding carboxylic acids is 2. The zero-order valence-electron chi connectivity index (χ0n) is 16.2. The van der Waals surface area contributed by atoms with Crippen LogP contribution >= 0.6 is 0 Å². The number of hydrogen-bond donors (Lipinski definition) is 2. The molecule has 162 valence electrons. The molecule has 30 heavy (non-hydrogen) atoms. The molecule has 11 heteroatoms. The van der Waals surface area contributed by atoms with Crippen molar-refractivity contribution in [2.75, 3.05) is 20.1 Å². The van der Waals surface area contributed by atoms with Gasteiger partial charge in [-0.2, -0.15) is 4.31 Å². The van der Waals surface area contributed by atoms with Gasteiger partial charge in [0.25, 0.3) is 15.9 Å². The zero-order chi connectivity index (χ0) is 21.9. The molecule has 0 saturated carbocycles. The maximum atomic E-state index is 13.6. The van der Waals surface area contributed by atoms with Crippen LogP contribution in [0.4, 0.5) is 8.78 Å². The molecule has 1 aromatic heterocycles. The molecule has 1 aliphatic heterocycles. The molecule has 2 N–H and O–H groups in total. The van der Waals surface area contributed by atoms with Crippen LogP contribution in [0.15, 0.2) is 39.8 Å². The summed E-state index contributed by atoms with van der Waals surface area (Å²) in [5.41, 5.74) is 0.00863. The molecule has 1 unspecified atom stereocenters. The second-order valence-corrected chi connectivity index (χ2v) is 8.65. The Hall–Kier alpha value is -2.79. The fourth-order valence-electron chi connectivity index (χ4n) is 3.15. The second-order valence-electron chi connectivity index (χ2n) is 6.78. The van der Waals surface area contributed by atoms with Crippen LogP contribution in [0.3, 0.4) is 0 Å². The lowest BCUT2D eigenvalue weighted by Gasteiger charge is -2.24. The van der Waals surface area contributed by atoms with Crippen LogP contribution in [0.5, 0.6) is 0 Å². The van der Waals surface area contributed by atoms with Crippen LogP contribution < -0.4 is 10.6 Å². The van der Waals surface area contributed by atoms with Crippen molar-refractivity contribution in [2.45, 2.75) is 30.4 Å². The van der Waals surface area contributed by atoms with Crippen LogP contribution in [0.1, 0.15) is 41.4 Å². The van der Waals surface area contributed by atoms with E-state index in [1.807, 2.05) is 0 Å². The van der Waals surface area contributed by atoms with Crippen molar-refractivity contribution in [3.05, 3.63) is 53.3 Å². The quantitative estimate of drug-likeness (QED) is 0.712. The number of rotatable bonds is 6. The first-order valence-electron chi connectivity index (χ1n) is 9.31. The topological polar surface area (TPSA) is 109 Å². The van der Waals surface area contributed by atoms with Gasteiger partial charge in [-0.3, -0.25) is 9.59 Å². The van der Waals surface area contributed by atoms with Gasteiger partial charge in [0.2, 0.25) is 11.0 Å². The van der Waals surface area contributed by atoms with E-state index in [9.17, 15) is 26.8 Å². The molecule has 1 aromatic carbocycles. The Kier molecular flexibility index (Phi) is 6.52. The molecule has 1 aliphatic rings. The van der Waals surface area contributed by atoms with E-state index in [-0.39, 0.29) is 16.4 Å². The van der Waals surface area contributed by atoms with Crippen molar-refractivity contribution in [2.24, 2.45) is 0 Å². The van der Waals surface area contributed by atoms with Gasteiger partial charge in [-0.1, -0.05) is 12.5 Å². The number of sulfonamides is 1. The Labute approximate surface area is 172 Å². The van der Waals surface area contributed by atoms with E-state index < -0.39 is 39.5 Å². The summed E-state index contributed by atoms with van der Waals surface area (Å²) >= 11 is 0. The number of nitrogens with one attached hydrogen (secondary N) is 2. The summed E-state index contributed by atoms with van der Waals surface area (Å²) in [7, 11) is -2.55. The summed E-state index contributed by atoms with van der Waals surface area (Å²) in [5, 5.41) is 4.30. The molecule has 0 radical (unpaired) electrons. The van der Waals surface area contributed by atoms with Crippen LogP contribution in [-0.2, 0) is 14.8 Å². The average Bonchev–Trinajstić information content (AvgIpc) is 3.25. The van der Waals surface area contributed by atoms with E-state index in [1.54, 1.807) is 0 Å². The highest BCUT2D eigenvalue weighted by Crippen LogP contribution is 2.23. The van der Waals surface area contributed by atoms with E-state index in [1.165, 1.54) is 23.5 Å². The Bertz CT molecular complexity index is 1050. The van der Waals surface area contributed by atoms with Crippen molar-refractivity contribution >= 4 is 21.8 Å². The molecule has 1 atom stereocenters. The van der Waals surface area contributed by atoms with Crippen LogP contribution in [0.2, 0.25) is 0 Å². The normalized spacial score (nSPS) is 16.1. The first-order valence-corrected chi connectivity index (χ1v) is 10.8. The fourth-order valence-corrected chi connectivity index (χ4v) is 4.58. The highest BCUT2D eigenvalue weighted by molar-refractivity contribution is 7.89. The van der Waals surface area contributed by atoms with E-state index in [2.05, 4.69) is 10.6 Å². The van der Waals surface area contributed by atoms with E-state index in [4.69, 9.17) is 4.42 Å². The molecule has 0 spiro atoms. The fraction of sp³-hybridized carbons (Fsp3) is 0.368. The number of likely N-dealkylation sites (N-methyl/N-ethyl adjacent to an activating group) is 1. The molecule has 3 rings (SSSR count). The highest BCUT2D eigenvalue weighted by Gasteiger charge is 2.31. The summed E-state index contributed by atoms with van der Waals surface area (Å²) in [6, 6.07) is 3.80. The first kappa shape index (κ1) is 21.9. The van der Waals surface area contributed by atoms with Gasteiger partial charge in [-0.05, 0) is 42.7 Å². The number of furan rings is 1. The predicted molar refractivity (Wildman–Crippen MR) is 102 cm³/mol. The Morgan fingerprint density at radius 2 is 1.77 bits per heavy atom. The Morgan fingerprint density at radius 3 is 2.40 bits per heavy atom. The second kappa shape index (κ2) is 8.92. The minimum atomic E-state index is -3.87. The zero-order valence-corrected chi connectivity index (χ0v) is 17.0. The third kappa shape index (κ3) is 4.51. The number of halogens is 2.